The summed E-state index contributed by atoms with van der Waals surface area (Å²) >= 11 is 5.57. The number of carbonyl (C=O) groups excluding carboxylic acids is 1. The number of rotatable bonds is 4. The largest absolute Gasteiger partial charge is 0.348 e. The lowest BCUT2D eigenvalue weighted by Gasteiger charge is -2.13. The fraction of sp³-hybridized carbons (Fsp3) is 0.500. The summed E-state index contributed by atoms with van der Waals surface area (Å²) in [5, 5.41) is 10.5. The van der Waals surface area contributed by atoms with Gasteiger partial charge in [0.05, 0.1) is 0 Å². The maximum Gasteiger partial charge on any atom is 0.272 e. The number of carbonyl (C=O) groups is 1. The molecule has 0 saturated heterocycles. The fourth-order valence-electron chi connectivity index (χ4n) is 1.19. The molecule has 4 nitrogen and oxygen atoms in total. The summed E-state index contributed by atoms with van der Waals surface area (Å²) in [5.41, 5.74) is 0.298. The topological polar surface area (TPSA) is 54.9 Å². The van der Waals surface area contributed by atoms with Crippen molar-refractivity contribution in [1.29, 1.82) is 0 Å². The van der Waals surface area contributed by atoms with Crippen LogP contribution < -0.4 is 5.32 Å². The molecular weight excluding hydrogens is 214 g/mol. The third-order valence-electron chi connectivity index (χ3n) is 2.19. The van der Waals surface area contributed by atoms with Crippen molar-refractivity contribution < 1.29 is 4.79 Å². The number of hydrogen-bond acceptors (Lipinski definition) is 3. The van der Waals surface area contributed by atoms with E-state index >= 15 is 0 Å². The molecule has 0 radical (unpaired) electrons. The minimum Gasteiger partial charge on any atom is -0.348 e. The Hall–Kier alpha value is -1.16. The molecule has 1 rings (SSSR count). The van der Waals surface area contributed by atoms with E-state index in [0.29, 0.717) is 5.69 Å². The predicted molar refractivity (Wildman–Crippen MR) is 58.9 cm³/mol. The van der Waals surface area contributed by atoms with Gasteiger partial charge in [-0.05, 0) is 25.0 Å². The zero-order valence-electron chi connectivity index (χ0n) is 8.83. The second-order valence-corrected chi connectivity index (χ2v) is 3.62. The molecule has 82 valence electrons. The average Bonchev–Trinajstić information content (AvgIpc) is 2.26. The van der Waals surface area contributed by atoms with Crippen molar-refractivity contribution in [1.82, 2.24) is 15.5 Å². The first-order valence-electron chi connectivity index (χ1n) is 4.97. The van der Waals surface area contributed by atoms with E-state index in [1.54, 1.807) is 12.1 Å². The summed E-state index contributed by atoms with van der Waals surface area (Å²) < 4.78 is 0. The minimum absolute atomic E-state index is 0.190. The third kappa shape index (κ3) is 3.47. The Bertz CT molecular complexity index is 322. The Morgan fingerprint density at radius 1 is 1.40 bits per heavy atom. The van der Waals surface area contributed by atoms with Crippen LogP contribution in [0.1, 0.15) is 37.2 Å². The van der Waals surface area contributed by atoms with E-state index in [1.807, 2.05) is 13.8 Å². The van der Waals surface area contributed by atoms with Gasteiger partial charge in [0.1, 0.15) is 0 Å². The second kappa shape index (κ2) is 5.66. The van der Waals surface area contributed by atoms with Crippen molar-refractivity contribution in [3.05, 3.63) is 23.0 Å². The number of amides is 1. The summed E-state index contributed by atoms with van der Waals surface area (Å²) in [6.45, 7) is 4.06. The second-order valence-electron chi connectivity index (χ2n) is 3.23. The molecule has 15 heavy (non-hydrogen) atoms. The normalized spacial score (nSPS) is 10.4. The van der Waals surface area contributed by atoms with Crippen LogP contribution >= 0.6 is 11.6 Å². The number of nitrogens with zero attached hydrogens (tertiary/aromatic N) is 2. The first-order chi connectivity index (χ1) is 7.17. The lowest BCUT2D eigenvalue weighted by Crippen LogP contribution is -2.34. The quantitative estimate of drug-likeness (QED) is 0.857. The van der Waals surface area contributed by atoms with Gasteiger partial charge in [-0.15, -0.1) is 10.2 Å². The van der Waals surface area contributed by atoms with Crippen LogP contribution in [0.15, 0.2) is 12.1 Å². The first-order valence-corrected chi connectivity index (χ1v) is 5.35. The molecule has 0 aliphatic heterocycles. The molecule has 0 fully saturated rings. The van der Waals surface area contributed by atoms with Gasteiger partial charge in [-0.1, -0.05) is 25.4 Å². The van der Waals surface area contributed by atoms with Gasteiger partial charge in [0.15, 0.2) is 10.8 Å². The molecule has 1 N–H and O–H groups in total. The number of aromatic nitrogens is 2. The highest BCUT2D eigenvalue weighted by Crippen LogP contribution is 2.03. The van der Waals surface area contributed by atoms with Gasteiger partial charge in [-0.3, -0.25) is 4.79 Å². The lowest BCUT2D eigenvalue weighted by atomic mass is 10.1. The summed E-state index contributed by atoms with van der Waals surface area (Å²) in [6.07, 6.45) is 1.81. The van der Waals surface area contributed by atoms with Crippen molar-refractivity contribution >= 4 is 17.5 Å². The molecule has 0 atom stereocenters. The molecular formula is C10H14ClN3O. The van der Waals surface area contributed by atoms with E-state index in [1.165, 1.54) is 0 Å². The summed E-state index contributed by atoms with van der Waals surface area (Å²) in [7, 11) is 0. The Kier molecular flexibility index (Phi) is 4.49. The molecule has 0 aromatic carbocycles. The smallest absolute Gasteiger partial charge is 0.272 e. The number of hydrogen-bond donors (Lipinski definition) is 1. The Morgan fingerprint density at radius 3 is 2.53 bits per heavy atom. The fourth-order valence-corrected chi connectivity index (χ4v) is 1.29. The molecule has 0 saturated carbocycles. The molecule has 1 aromatic heterocycles. The first kappa shape index (κ1) is 11.9. The zero-order chi connectivity index (χ0) is 11.3. The van der Waals surface area contributed by atoms with Gasteiger partial charge in [0, 0.05) is 6.04 Å². The standard InChI is InChI=1S/C10H14ClN3O/c1-3-7(4-2)12-10(15)8-5-6-9(11)14-13-8/h5-7H,3-4H2,1-2H3,(H,12,15). The number of halogens is 1. The molecule has 0 bridgehead atoms. The van der Waals surface area contributed by atoms with Crippen LogP contribution in [0.4, 0.5) is 0 Å². The molecule has 0 unspecified atom stereocenters. The molecule has 0 aliphatic carbocycles. The summed E-state index contributed by atoms with van der Waals surface area (Å²) in [5.74, 6) is -0.201. The highest BCUT2D eigenvalue weighted by molar-refractivity contribution is 6.29. The van der Waals surface area contributed by atoms with Crippen molar-refractivity contribution in [2.75, 3.05) is 0 Å². The lowest BCUT2D eigenvalue weighted by molar-refractivity contribution is 0.0929. The monoisotopic (exact) mass is 227 g/mol. The third-order valence-corrected chi connectivity index (χ3v) is 2.39. The van der Waals surface area contributed by atoms with Gasteiger partial charge >= 0.3 is 0 Å². The van der Waals surface area contributed by atoms with Crippen LogP contribution in [-0.2, 0) is 0 Å². The molecule has 5 heteroatoms. The van der Waals surface area contributed by atoms with Crippen molar-refractivity contribution in [2.45, 2.75) is 32.7 Å². The SMILES string of the molecule is CCC(CC)NC(=O)c1ccc(Cl)nn1. The molecule has 0 spiro atoms. The highest BCUT2D eigenvalue weighted by atomic mass is 35.5. The van der Waals surface area contributed by atoms with Crippen LogP contribution in [0.25, 0.3) is 0 Å². The van der Waals surface area contributed by atoms with Crippen molar-refractivity contribution in [3.63, 3.8) is 0 Å². The number of nitrogens with one attached hydrogen (secondary N) is 1. The zero-order valence-corrected chi connectivity index (χ0v) is 9.58. The summed E-state index contributed by atoms with van der Waals surface area (Å²) in [4.78, 5) is 11.6. The van der Waals surface area contributed by atoms with Crippen molar-refractivity contribution in [3.8, 4) is 0 Å². The van der Waals surface area contributed by atoms with Gasteiger partial charge in [-0.2, -0.15) is 0 Å². The molecule has 1 aromatic rings. The maximum atomic E-state index is 11.6. The average molecular weight is 228 g/mol. The van der Waals surface area contributed by atoms with Crippen molar-refractivity contribution in [2.24, 2.45) is 0 Å². The summed E-state index contributed by atoms with van der Waals surface area (Å²) in [6, 6.07) is 3.30. The highest BCUT2D eigenvalue weighted by Gasteiger charge is 2.11. The Morgan fingerprint density at radius 2 is 2.07 bits per heavy atom. The van der Waals surface area contributed by atoms with Crippen LogP contribution in [0, 0.1) is 0 Å². The van der Waals surface area contributed by atoms with E-state index in [0.717, 1.165) is 12.8 Å². The molecule has 0 aliphatic rings. The van der Waals surface area contributed by atoms with E-state index in [9.17, 15) is 4.79 Å². The van der Waals surface area contributed by atoms with Crippen LogP contribution in [-0.4, -0.2) is 22.1 Å². The maximum absolute atomic E-state index is 11.6. The van der Waals surface area contributed by atoms with Crippen LogP contribution in [0.3, 0.4) is 0 Å². The minimum atomic E-state index is -0.201. The van der Waals surface area contributed by atoms with E-state index in [4.69, 9.17) is 11.6 Å². The Balaban J connectivity index is 2.64. The van der Waals surface area contributed by atoms with Gasteiger partial charge in [-0.25, -0.2) is 0 Å². The van der Waals surface area contributed by atoms with Gasteiger partial charge in [0.25, 0.3) is 5.91 Å². The molecule has 1 heterocycles. The predicted octanol–water partition coefficient (Wildman–Crippen LogP) is 2.05. The Labute approximate surface area is 94.0 Å². The van der Waals surface area contributed by atoms with Crippen LogP contribution in [0.2, 0.25) is 5.15 Å². The van der Waals surface area contributed by atoms with Gasteiger partial charge < -0.3 is 5.32 Å². The van der Waals surface area contributed by atoms with E-state index < -0.39 is 0 Å². The van der Waals surface area contributed by atoms with E-state index in [2.05, 4.69) is 15.5 Å². The van der Waals surface area contributed by atoms with Gasteiger partial charge in [0.2, 0.25) is 0 Å². The molecule has 1 amide bonds. The van der Waals surface area contributed by atoms with Crippen LogP contribution in [0.5, 0.6) is 0 Å². The van der Waals surface area contributed by atoms with E-state index in [-0.39, 0.29) is 17.1 Å².